The van der Waals surface area contributed by atoms with E-state index in [1.807, 2.05) is 13.1 Å². The molecule has 1 aliphatic rings. The number of hydrogen-bond donors (Lipinski definition) is 1. The van der Waals surface area contributed by atoms with Gasteiger partial charge in [-0.25, -0.2) is 0 Å². The second-order valence-electron chi connectivity index (χ2n) is 5.24. The first-order chi connectivity index (χ1) is 8.20. The fraction of sp³-hybridized carbons (Fsp3) is 0.600. The van der Waals surface area contributed by atoms with Crippen LogP contribution in [-0.2, 0) is 0 Å². The van der Waals surface area contributed by atoms with Crippen molar-refractivity contribution in [3.8, 4) is 5.75 Å². The summed E-state index contributed by atoms with van der Waals surface area (Å²) in [4.78, 5) is 0. The van der Waals surface area contributed by atoms with Gasteiger partial charge < -0.3 is 10.1 Å². The lowest BCUT2D eigenvalue weighted by molar-refractivity contribution is 0.0937. The monoisotopic (exact) mass is 233 g/mol. The molecule has 1 N–H and O–H groups in total. The minimum atomic E-state index is 0.310. The highest BCUT2D eigenvalue weighted by Crippen LogP contribution is 2.28. The molecular weight excluding hydrogens is 210 g/mol. The van der Waals surface area contributed by atoms with Gasteiger partial charge in [0.05, 0.1) is 0 Å². The molecule has 0 heterocycles. The third kappa shape index (κ3) is 3.01. The van der Waals surface area contributed by atoms with E-state index in [9.17, 15) is 0 Å². The van der Waals surface area contributed by atoms with Crippen LogP contribution in [0.25, 0.3) is 0 Å². The zero-order valence-corrected chi connectivity index (χ0v) is 11.1. The van der Waals surface area contributed by atoms with Crippen molar-refractivity contribution in [3.05, 3.63) is 29.8 Å². The molecule has 17 heavy (non-hydrogen) atoms. The average Bonchev–Trinajstić information content (AvgIpc) is 2.32. The van der Waals surface area contributed by atoms with Gasteiger partial charge in [-0.2, -0.15) is 0 Å². The van der Waals surface area contributed by atoms with Gasteiger partial charge >= 0.3 is 0 Å². The van der Waals surface area contributed by atoms with Crippen molar-refractivity contribution in [1.29, 1.82) is 0 Å². The maximum Gasteiger partial charge on any atom is 0.122 e. The summed E-state index contributed by atoms with van der Waals surface area (Å²) in [6.07, 6.45) is 3.98. The number of benzene rings is 1. The molecule has 0 spiro atoms. The molecule has 2 heteroatoms. The zero-order chi connectivity index (χ0) is 12.3. The third-order valence-electron chi connectivity index (χ3n) is 3.80. The molecule has 0 amide bonds. The van der Waals surface area contributed by atoms with Gasteiger partial charge in [0.1, 0.15) is 11.9 Å². The number of para-hydroxylation sites is 1. The van der Waals surface area contributed by atoms with E-state index in [2.05, 4.69) is 37.4 Å². The van der Waals surface area contributed by atoms with Crippen molar-refractivity contribution in [2.24, 2.45) is 5.92 Å². The Morgan fingerprint density at radius 1 is 1.24 bits per heavy atom. The largest absolute Gasteiger partial charge is 0.489 e. The Hall–Kier alpha value is -1.02. The molecule has 94 valence electrons. The smallest absolute Gasteiger partial charge is 0.122 e. The summed E-state index contributed by atoms with van der Waals surface area (Å²) >= 11 is 0. The third-order valence-corrected chi connectivity index (χ3v) is 3.80. The second-order valence-corrected chi connectivity index (χ2v) is 5.24. The molecule has 0 aromatic heterocycles. The average molecular weight is 233 g/mol. The van der Waals surface area contributed by atoms with Crippen LogP contribution in [0.4, 0.5) is 0 Å². The van der Waals surface area contributed by atoms with Crippen LogP contribution < -0.4 is 10.1 Å². The standard InChI is InChI=1S/C15H23NO/c1-11-8-9-13(16-3)15(10-11)17-14-7-5-4-6-12(14)2/h4-7,11,13,15-16H,8-10H2,1-3H3. The number of hydrogen-bond acceptors (Lipinski definition) is 2. The van der Waals surface area contributed by atoms with Crippen LogP contribution in [-0.4, -0.2) is 19.2 Å². The molecule has 1 aromatic carbocycles. The van der Waals surface area contributed by atoms with Gasteiger partial charge in [0.25, 0.3) is 0 Å². The van der Waals surface area contributed by atoms with E-state index in [1.54, 1.807) is 0 Å². The maximum absolute atomic E-state index is 6.20. The van der Waals surface area contributed by atoms with E-state index in [0.717, 1.165) is 18.1 Å². The predicted octanol–water partition coefficient (Wildman–Crippen LogP) is 3.15. The van der Waals surface area contributed by atoms with Crippen molar-refractivity contribution in [2.75, 3.05) is 7.05 Å². The number of aryl methyl sites for hydroxylation is 1. The summed E-state index contributed by atoms with van der Waals surface area (Å²) in [5, 5.41) is 3.39. The number of nitrogens with one attached hydrogen (secondary N) is 1. The quantitative estimate of drug-likeness (QED) is 0.866. The molecule has 0 aliphatic heterocycles. The topological polar surface area (TPSA) is 21.3 Å². The molecule has 3 atom stereocenters. The van der Waals surface area contributed by atoms with Crippen molar-refractivity contribution in [3.63, 3.8) is 0 Å². The molecule has 1 aliphatic carbocycles. The molecule has 2 nitrogen and oxygen atoms in total. The molecule has 0 radical (unpaired) electrons. The minimum Gasteiger partial charge on any atom is -0.489 e. The van der Waals surface area contributed by atoms with Crippen LogP contribution in [0.15, 0.2) is 24.3 Å². The van der Waals surface area contributed by atoms with E-state index >= 15 is 0 Å². The van der Waals surface area contributed by atoms with E-state index in [1.165, 1.54) is 18.4 Å². The molecule has 2 rings (SSSR count). The SMILES string of the molecule is CNC1CCC(C)CC1Oc1ccccc1C. The maximum atomic E-state index is 6.20. The van der Waals surface area contributed by atoms with Gasteiger partial charge in [0, 0.05) is 6.04 Å². The van der Waals surface area contributed by atoms with Crippen LogP contribution in [0.3, 0.4) is 0 Å². The van der Waals surface area contributed by atoms with E-state index in [0.29, 0.717) is 12.1 Å². The van der Waals surface area contributed by atoms with E-state index in [4.69, 9.17) is 4.74 Å². The Labute approximate surface area is 104 Å². The number of rotatable bonds is 3. The molecule has 1 saturated carbocycles. The highest BCUT2D eigenvalue weighted by molar-refractivity contribution is 5.32. The van der Waals surface area contributed by atoms with Gasteiger partial charge in [0.15, 0.2) is 0 Å². The lowest BCUT2D eigenvalue weighted by Gasteiger charge is -2.35. The first-order valence-electron chi connectivity index (χ1n) is 6.60. The summed E-state index contributed by atoms with van der Waals surface area (Å²) in [6.45, 7) is 4.43. The van der Waals surface area contributed by atoms with Gasteiger partial charge in [-0.15, -0.1) is 0 Å². The highest BCUT2D eigenvalue weighted by Gasteiger charge is 2.29. The molecule has 0 bridgehead atoms. The highest BCUT2D eigenvalue weighted by atomic mass is 16.5. The van der Waals surface area contributed by atoms with Crippen LogP contribution in [0.1, 0.15) is 31.7 Å². The Bertz CT molecular complexity index is 364. The van der Waals surface area contributed by atoms with Gasteiger partial charge in [0.2, 0.25) is 0 Å². The summed E-state index contributed by atoms with van der Waals surface area (Å²) < 4.78 is 6.20. The van der Waals surface area contributed by atoms with Crippen LogP contribution in [0.2, 0.25) is 0 Å². The van der Waals surface area contributed by atoms with E-state index < -0.39 is 0 Å². The summed E-state index contributed by atoms with van der Waals surface area (Å²) in [5.41, 5.74) is 1.22. The number of ether oxygens (including phenoxy) is 1. The Morgan fingerprint density at radius 2 is 2.00 bits per heavy atom. The molecule has 1 fully saturated rings. The van der Waals surface area contributed by atoms with Gasteiger partial charge in [-0.3, -0.25) is 0 Å². The Morgan fingerprint density at radius 3 is 2.71 bits per heavy atom. The Kier molecular flexibility index (Phi) is 4.06. The molecule has 1 aromatic rings. The summed E-state index contributed by atoms with van der Waals surface area (Å²) in [7, 11) is 2.04. The lowest BCUT2D eigenvalue weighted by Crippen LogP contribution is -2.45. The molecule has 3 unspecified atom stereocenters. The fourth-order valence-electron chi connectivity index (χ4n) is 2.64. The van der Waals surface area contributed by atoms with E-state index in [-0.39, 0.29) is 0 Å². The first kappa shape index (κ1) is 12.4. The summed E-state index contributed by atoms with van der Waals surface area (Å²) in [5.74, 6) is 1.81. The van der Waals surface area contributed by atoms with Crippen LogP contribution in [0.5, 0.6) is 5.75 Å². The van der Waals surface area contributed by atoms with Crippen molar-refractivity contribution in [2.45, 2.75) is 45.3 Å². The van der Waals surface area contributed by atoms with Crippen molar-refractivity contribution >= 4 is 0 Å². The van der Waals surface area contributed by atoms with Gasteiger partial charge in [-0.1, -0.05) is 25.1 Å². The van der Waals surface area contributed by atoms with Crippen LogP contribution in [0, 0.1) is 12.8 Å². The Balaban J connectivity index is 2.07. The normalized spacial score (nSPS) is 29.0. The zero-order valence-electron chi connectivity index (χ0n) is 11.1. The number of likely N-dealkylation sites (N-methyl/N-ethyl adjacent to an activating group) is 1. The predicted molar refractivity (Wildman–Crippen MR) is 71.5 cm³/mol. The van der Waals surface area contributed by atoms with Crippen LogP contribution >= 0.6 is 0 Å². The second kappa shape index (κ2) is 5.54. The van der Waals surface area contributed by atoms with Gasteiger partial charge in [-0.05, 0) is 50.8 Å². The fourth-order valence-corrected chi connectivity index (χ4v) is 2.64. The summed E-state index contributed by atoms with van der Waals surface area (Å²) in [6, 6.07) is 8.77. The lowest BCUT2D eigenvalue weighted by atomic mass is 9.85. The minimum absolute atomic E-state index is 0.310. The van der Waals surface area contributed by atoms with Crippen molar-refractivity contribution < 1.29 is 4.74 Å². The van der Waals surface area contributed by atoms with Crippen molar-refractivity contribution in [1.82, 2.24) is 5.32 Å². The molecule has 0 saturated heterocycles. The molecular formula is C15H23NO. The first-order valence-corrected chi connectivity index (χ1v) is 6.60.